The van der Waals surface area contributed by atoms with Crippen molar-refractivity contribution >= 4 is 69.9 Å². The summed E-state index contributed by atoms with van der Waals surface area (Å²) in [5.41, 5.74) is 0. The first-order valence-corrected chi connectivity index (χ1v) is 9.75. The molecule has 0 aliphatic rings. The molecule has 0 unspecified atom stereocenters. The summed E-state index contributed by atoms with van der Waals surface area (Å²) < 4.78 is 68.3. The van der Waals surface area contributed by atoms with E-state index in [1.54, 1.807) is 0 Å². The summed E-state index contributed by atoms with van der Waals surface area (Å²) in [4.78, 5) is 22.0. The topological polar surface area (TPSA) is 167 Å². The first kappa shape index (κ1) is 31.2. The van der Waals surface area contributed by atoms with Gasteiger partial charge in [0.25, 0.3) is 0 Å². The predicted octanol–water partition coefficient (Wildman–Crippen LogP) is -0.302. The Morgan fingerprint density at radius 3 is 1.19 bits per heavy atom. The van der Waals surface area contributed by atoms with Crippen molar-refractivity contribution in [3.8, 4) is 0 Å². The minimum absolute atomic E-state index is 0. The standard InChI is InChI=1S/2C7H12O5S.Ca/c2*1-4-5-12-6(8)7(2,3)13(9,10)11;/h2*4H,1,5H2,2-3H3,(H,9,10,11);/q;;+2/p-2. The Morgan fingerprint density at radius 1 is 0.815 bits per heavy atom. The number of carbonyl (C=O) groups is 2. The third kappa shape index (κ3) is 10.0. The molecule has 152 valence electrons. The van der Waals surface area contributed by atoms with Gasteiger partial charge in [-0.25, -0.2) is 16.8 Å². The second kappa shape index (κ2) is 12.1. The molecule has 0 radical (unpaired) electrons. The van der Waals surface area contributed by atoms with E-state index in [1.165, 1.54) is 12.2 Å². The molecule has 0 aromatic rings. The molecule has 0 saturated heterocycles. The van der Waals surface area contributed by atoms with Crippen molar-refractivity contribution in [2.24, 2.45) is 0 Å². The quantitative estimate of drug-likeness (QED) is 0.205. The van der Waals surface area contributed by atoms with E-state index in [1.807, 2.05) is 0 Å². The number of rotatable bonds is 8. The van der Waals surface area contributed by atoms with Gasteiger partial charge in [0.15, 0.2) is 9.49 Å². The van der Waals surface area contributed by atoms with E-state index in [0.717, 1.165) is 27.7 Å². The molecule has 0 atom stereocenters. The number of esters is 2. The van der Waals surface area contributed by atoms with Gasteiger partial charge < -0.3 is 18.6 Å². The fraction of sp³-hybridized carbons (Fsp3) is 0.571. The van der Waals surface area contributed by atoms with Crippen LogP contribution in [0.1, 0.15) is 27.7 Å². The van der Waals surface area contributed by atoms with E-state index in [-0.39, 0.29) is 51.0 Å². The van der Waals surface area contributed by atoms with E-state index in [2.05, 4.69) is 22.6 Å². The van der Waals surface area contributed by atoms with Gasteiger partial charge in [0.05, 0.1) is 0 Å². The Balaban J connectivity index is -0.000000411. The Labute approximate surface area is 189 Å². The van der Waals surface area contributed by atoms with Crippen molar-refractivity contribution < 1.29 is 45.0 Å². The van der Waals surface area contributed by atoms with Gasteiger partial charge in [0.2, 0.25) is 0 Å². The summed E-state index contributed by atoms with van der Waals surface area (Å²) in [6, 6.07) is 0. The third-order valence-electron chi connectivity index (χ3n) is 2.90. The second-order valence-electron chi connectivity index (χ2n) is 5.70. The Bertz CT molecular complexity index is 672. The van der Waals surface area contributed by atoms with Crippen molar-refractivity contribution in [2.45, 2.75) is 37.2 Å². The fourth-order valence-corrected chi connectivity index (χ4v) is 1.35. The zero-order valence-corrected chi connectivity index (χ0v) is 19.4. The minimum Gasteiger partial charge on any atom is -0.747 e. The van der Waals surface area contributed by atoms with Crippen LogP contribution in [-0.4, -0.2) is 98.3 Å². The van der Waals surface area contributed by atoms with E-state index < -0.39 is 41.7 Å². The van der Waals surface area contributed by atoms with Gasteiger partial charge >= 0.3 is 49.7 Å². The molecule has 0 saturated carbocycles. The number of hydrogen-bond donors (Lipinski definition) is 0. The summed E-state index contributed by atoms with van der Waals surface area (Å²) in [6.07, 6.45) is 2.57. The van der Waals surface area contributed by atoms with Crippen LogP contribution in [0.25, 0.3) is 0 Å². The molecule has 0 spiro atoms. The smallest absolute Gasteiger partial charge is 0.747 e. The zero-order valence-electron chi connectivity index (χ0n) is 15.6. The molecule has 0 aliphatic heterocycles. The van der Waals surface area contributed by atoms with E-state index >= 15 is 0 Å². The normalized spacial score (nSPS) is 11.8. The Kier molecular flexibility index (Phi) is 14.0. The monoisotopic (exact) mass is 454 g/mol. The summed E-state index contributed by atoms with van der Waals surface area (Å²) in [5, 5.41) is 0. The van der Waals surface area contributed by atoms with Gasteiger partial charge in [-0.3, -0.25) is 9.59 Å². The SMILES string of the molecule is C=CCOC(=O)C(C)(C)S(=O)(=O)[O-].C=CCOC(=O)C(C)(C)S(=O)(=O)[O-].[Ca+2]. The van der Waals surface area contributed by atoms with Crippen LogP contribution in [0.3, 0.4) is 0 Å². The van der Waals surface area contributed by atoms with Gasteiger partial charge in [0, 0.05) is 0 Å². The van der Waals surface area contributed by atoms with Crippen molar-refractivity contribution in [3.05, 3.63) is 25.3 Å². The van der Waals surface area contributed by atoms with E-state index in [0.29, 0.717) is 0 Å². The van der Waals surface area contributed by atoms with Gasteiger partial charge in [-0.05, 0) is 27.7 Å². The molecule has 27 heavy (non-hydrogen) atoms. The maximum atomic E-state index is 11.0. The summed E-state index contributed by atoms with van der Waals surface area (Å²) >= 11 is 0. The molecule has 0 rings (SSSR count). The summed E-state index contributed by atoms with van der Waals surface area (Å²) in [6.45, 7) is 10.3. The molecule has 13 heteroatoms. The van der Waals surface area contributed by atoms with Crippen LogP contribution in [0, 0.1) is 0 Å². The molecule has 0 aromatic heterocycles. The van der Waals surface area contributed by atoms with Gasteiger partial charge in [-0.1, -0.05) is 25.3 Å². The molecule has 0 heterocycles. The van der Waals surface area contributed by atoms with Crippen molar-refractivity contribution in [1.29, 1.82) is 0 Å². The average Bonchev–Trinajstić information content (AvgIpc) is 2.48. The molecular weight excluding hydrogens is 432 g/mol. The number of carbonyl (C=O) groups excluding carboxylic acids is 2. The van der Waals surface area contributed by atoms with Crippen LogP contribution in [-0.2, 0) is 39.3 Å². The maximum Gasteiger partial charge on any atom is 2.00 e. The van der Waals surface area contributed by atoms with Crippen LogP contribution < -0.4 is 0 Å². The van der Waals surface area contributed by atoms with Crippen LogP contribution in [0.2, 0.25) is 0 Å². The number of hydrogen-bond acceptors (Lipinski definition) is 10. The molecule has 0 amide bonds. The van der Waals surface area contributed by atoms with Gasteiger partial charge in [-0.2, -0.15) is 0 Å². The van der Waals surface area contributed by atoms with Crippen molar-refractivity contribution in [3.63, 3.8) is 0 Å². The van der Waals surface area contributed by atoms with E-state index in [4.69, 9.17) is 0 Å². The van der Waals surface area contributed by atoms with Crippen molar-refractivity contribution in [1.82, 2.24) is 0 Å². The summed E-state index contributed by atoms with van der Waals surface area (Å²) in [5.74, 6) is -2.13. The van der Waals surface area contributed by atoms with Crippen molar-refractivity contribution in [2.75, 3.05) is 13.2 Å². The first-order chi connectivity index (χ1) is 11.5. The Morgan fingerprint density at radius 2 is 1.04 bits per heavy atom. The largest absolute Gasteiger partial charge is 2.00 e. The van der Waals surface area contributed by atoms with Gasteiger partial charge in [-0.15, -0.1) is 0 Å². The maximum absolute atomic E-state index is 11.0. The van der Waals surface area contributed by atoms with Gasteiger partial charge in [0.1, 0.15) is 33.5 Å². The molecule has 0 aliphatic carbocycles. The van der Waals surface area contributed by atoms with Crippen LogP contribution in [0.4, 0.5) is 0 Å². The predicted molar refractivity (Wildman–Crippen MR) is 95.6 cm³/mol. The second-order valence-corrected chi connectivity index (χ2v) is 9.56. The van der Waals surface area contributed by atoms with E-state index in [9.17, 15) is 35.5 Å². The molecule has 0 fully saturated rings. The average molecular weight is 455 g/mol. The van der Waals surface area contributed by atoms with Crippen LogP contribution >= 0.6 is 0 Å². The molecule has 0 aromatic carbocycles. The molecule has 0 N–H and O–H groups in total. The fourth-order valence-electron chi connectivity index (χ4n) is 0.821. The minimum atomic E-state index is -4.69. The Hall–Kier alpha value is -0.500. The molecule has 10 nitrogen and oxygen atoms in total. The summed E-state index contributed by atoms with van der Waals surface area (Å²) in [7, 11) is -9.38. The number of ether oxygens (including phenoxy) is 2. The third-order valence-corrected chi connectivity index (χ3v) is 5.73. The van der Waals surface area contributed by atoms with Crippen LogP contribution in [0.15, 0.2) is 25.3 Å². The molecule has 0 bridgehead atoms. The van der Waals surface area contributed by atoms with Crippen LogP contribution in [0.5, 0.6) is 0 Å². The zero-order chi connectivity index (χ0) is 21.4. The molecular formula is C14H22CaO10S2. The first-order valence-electron chi connectivity index (χ1n) is 6.94.